The zero-order valence-corrected chi connectivity index (χ0v) is 13.8. The van der Waals surface area contributed by atoms with E-state index >= 15 is 0 Å². The summed E-state index contributed by atoms with van der Waals surface area (Å²) < 4.78 is 0. The molecule has 1 fully saturated rings. The first-order valence-electron chi connectivity index (χ1n) is 7.17. The van der Waals surface area contributed by atoms with Crippen molar-refractivity contribution in [3.05, 3.63) is 0 Å². The Morgan fingerprint density at radius 3 is 2.47 bits per heavy atom. The van der Waals surface area contributed by atoms with Crippen LogP contribution >= 0.6 is 11.8 Å². The van der Waals surface area contributed by atoms with E-state index in [1.807, 2.05) is 23.7 Å². The van der Waals surface area contributed by atoms with Gasteiger partial charge in [0.1, 0.15) is 0 Å². The molecule has 4 nitrogen and oxygen atoms in total. The van der Waals surface area contributed by atoms with Crippen LogP contribution in [0.25, 0.3) is 0 Å². The zero-order valence-electron chi connectivity index (χ0n) is 13.0. The largest absolute Gasteiger partial charge is 0.340 e. The Kier molecular flexibility index (Phi) is 6.63. The van der Waals surface area contributed by atoms with Crippen molar-refractivity contribution >= 4 is 17.7 Å². The summed E-state index contributed by atoms with van der Waals surface area (Å²) in [6.45, 7) is 10.1. The normalized spacial score (nSPS) is 19.2. The van der Waals surface area contributed by atoms with E-state index in [-0.39, 0.29) is 5.91 Å². The van der Waals surface area contributed by atoms with Crippen molar-refractivity contribution in [3.8, 4) is 0 Å². The minimum absolute atomic E-state index is 0.246. The summed E-state index contributed by atoms with van der Waals surface area (Å²) in [5.74, 6) is 1.26. The summed E-state index contributed by atoms with van der Waals surface area (Å²) in [6.07, 6.45) is 3.11. The first-order valence-corrected chi connectivity index (χ1v) is 8.56. The van der Waals surface area contributed by atoms with Crippen molar-refractivity contribution in [2.24, 2.45) is 0 Å². The van der Waals surface area contributed by atoms with Gasteiger partial charge < -0.3 is 10.2 Å². The molecule has 1 amide bonds. The third kappa shape index (κ3) is 4.10. The van der Waals surface area contributed by atoms with E-state index in [9.17, 15) is 4.79 Å². The first kappa shape index (κ1) is 16.8. The third-order valence-corrected chi connectivity index (χ3v) is 4.85. The molecule has 0 radical (unpaired) electrons. The number of hydrogen-bond acceptors (Lipinski definition) is 4. The summed E-state index contributed by atoms with van der Waals surface area (Å²) in [6, 6.07) is 0.338. The van der Waals surface area contributed by atoms with E-state index in [4.69, 9.17) is 0 Å². The Morgan fingerprint density at radius 2 is 2.00 bits per heavy atom. The van der Waals surface area contributed by atoms with Gasteiger partial charge in [-0.15, -0.1) is 0 Å². The molecule has 1 aliphatic rings. The Morgan fingerprint density at radius 1 is 1.42 bits per heavy atom. The highest BCUT2D eigenvalue weighted by Crippen LogP contribution is 2.20. The number of likely N-dealkylation sites (N-methyl/N-ethyl adjacent to an activating group) is 1. The van der Waals surface area contributed by atoms with Crippen molar-refractivity contribution < 1.29 is 4.79 Å². The summed E-state index contributed by atoms with van der Waals surface area (Å²) in [5.41, 5.74) is -0.400. The van der Waals surface area contributed by atoms with Crippen LogP contribution in [0.15, 0.2) is 0 Å². The zero-order chi connectivity index (χ0) is 14.5. The van der Waals surface area contributed by atoms with Crippen molar-refractivity contribution in [3.63, 3.8) is 0 Å². The van der Waals surface area contributed by atoms with Gasteiger partial charge in [0.2, 0.25) is 5.91 Å². The predicted octanol–water partition coefficient (Wildman–Crippen LogP) is 1.27. The Bertz CT molecular complexity index is 290. The summed E-state index contributed by atoms with van der Waals surface area (Å²) in [7, 11) is 1.96. The van der Waals surface area contributed by atoms with Gasteiger partial charge in [-0.3, -0.25) is 9.69 Å². The van der Waals surface area contributed by atoms with E-state index in [1.54, 1.807) is 0 Å². The van der Waals surface area contributed by atoms with Crippen LogP contribution in [0, 0.1) is 0 Å². The van der Waals surface area contributed by atoms with Gasteiger partial charge >= 0.3 is 0 Å². The van der Waals surface area contributed by atoms with E-state index in [2.05, 4.69) is 37.2 Å². The van der Waals surface area contributed by atoms with Crippen LogP contribution in [-0.2, 0) is 4.79 Å². The van der Waals surface area contributed by atoms with Crippen LogP contribution in [0.2, 0.25) is 0 Å². The van der Waals surface area contributed by atoms with Gasteiger partial charge in [-0.05, 0) is 26.5 Å². The second kappa shape index (κ2) is 7.50. The lowest BCUT2D eigenvalue weighted by Gasteiger charge is -2.43. The summed E-state index contributed by atoms with van der Waals surface area (Å²) in [4.78, 5) is 17.1. The molecule has 0 aliphatic carbocycles. The topological polar surface area (TPSA) is 35.6 Å². The maximum atomic E-state index is 12.8. The highest BCUT2D eigenvalue weighted by Gasteiger charge is 2.38. The molecule has 1 saturated heterocycles. The number of thioether (sulfide) groups is 1. The minimum Gasteiger partial charge on any atom is -0.340 e. The number of piperazine rings is 1. The highest BCUT2D eigenvalue weighted by atomic mass is 32.2. The molecule has 1 unspecified atom stereocenters. The van der Waals surface area contributed by atoms with Crippen LogP contribution in [0.3, 0.4) is 0 Å². The van der Waals surface area contributed by atoms with Gasteiger partial charge in [-0.2, -0.15) is 11.8 Å². The second-order valence-corrected chi connectivity index (χ2v) is 6.64. The highest BCUT2D eigenvalue weighted by molar-refractivity contribution is 7.98. The average Bonchev–Trinajstić information content (AvgIpc) is 2.44. The summed E-state index contributed by atoms with van der Waals surface area (Å²) >= 11 is 1.81. The molecule has 0 saturated carbocycles. The first-order chi connectivity index (χ1) is 8.95. The molecule has 112 valence electrons. The maximum absolute atomic E-state index is 12.8. The molecule has 0 bridgehead atoms. The average molecular weight is 287 g/mol. The van der Waals surface area contributed by atoms with Crippen molar-refractivity contribution in [1.29, 1.82) is 0 Å². The lowest BCUT2D eigenvalue weighted by atomic mass is 9.98. The number of carbonyl (C=O) groups excluding carboxylic acids is 1. The summed E-state index contributed by atoms with van der Waals surface area (Å²) in [5, 5.41) is 3.34. The fourth-order valence-corrected chi connectivity index (χ4v) is 3.50. The predicted molar refractivity (Wildman–Crippen MR) is 83.8 cm³/mol. The van der Waals surface area contributed by atoms with Crippen LogP contribution in [0.5, 0.6) is 0 Å². The number of rotatable bonds is 6. The number of amides is 1. The Hall–Kier alpha value is -0.260. The fraction of sp³-hybridized carbons (Fsp3) is 0.929. The molecule has 0 aromatic carbocycles. The molecule has 1 atom stereocenters. The maximum Gasteiger partial charge on any atom is 0.242 e. The minimum atomic E-state index is -0.400. The van der Waals surface area contributed by atoms with Gasteiger partial charge in [0, 0.05) is 45.0 Å². The van der Waals surface area contributed by atoms with Gasteiger partial charge in [-0.1, -0.05) is 6.92 Å². The molecule has 1 rings (SSSR count). The monoisotopic (exact) mass is 287 g/mol. The standard InChI is InChI=1S/C14H29N3OS/c1-6-12(11-19-5)16(4)13(18)14(2,3)17-9-7-15-8-10-17/h12,15H,6-11H2,1-5H3. The fourth-order valence-electron chi connectivity index (χ4n) is 2.65. The van der Waals surface area contributed by atoms with Crippen molar-refractivity contribution in [2.45, 2.75) is 38.8 Å². The van der Waals surface area contributed by atoms with Crippen LogP contribution in [-0.4, -0.2) is 72.5 Å². The molecular formula is C14H29N3OS. The molecule has 0 spiro atoms. The smallest absolute Gasteiger partial charge is 0.242 e. The van der Waals surface area contributed by atoms with Crippen molar-refractivity contribution in [1.82, 2.24) is 15.1 Å². The molecule has 0 aromatic heterocycles. The Balaban J connectivity index is 2.72. The quantitative estimate of drug-likeness (QED) is 0.798. The SMILES string of the molecule is CCC(CSC)N(C)C(=O)C(C)(C)N1CCNCC1. The van der Waals surface area contributed by atoms with Crippen LogP contribution < -0.4 is 5.32 Å². The van der Waals surface area contributed by atoms with Crippen molar-refractivity contribution in [2.75, 3.05) is 45.2 Å². The number of hydrogen-bond donors (Lipinski definition) is 1. The molecule has 1 aliphatic heterocycles. The number of carbonyl (C=O) groups is 1. The lowest BCUT2D eigenvalue weighted by Crippen LogP contribution is -2.61. The number of nitrogens with one attached hydrogen (secondary N) is 1. The van der Waals surface area contributed by atoms with Crippen LogP contribution in [0.4, 0.5) is 0 Å². The molecule has 19 heavy (non-hydrogen) atoms. The van der Waals surface area contributed by atoms with Crippen LogP contribution in [0.1, 0.15) is 27.2 Å². The van der Waals surface area contributed by atoms with E-state index in [1.165, 1.54) is 0 Å². The van der Waals surface area contributed by atoms with E-state index in [0.717, 1.165) is 38.4 Å². The van der Waals surface area contributed by atoms with Gasteiger partial charge in [0.05, 0.1) is 5.54 Å². The lowest BCUT2D eigenvalue weighted by molar-refractivity contribution is -0.143. The van der Waals surface area contributed by atoms with Gasteiger partial charge in [-0.25, -0.2) is 0 Å². The van der Waals surface area contributed by atoms with Gasteiger partial charge in [0.15, 0.2) is 0 Å². The Labute approximate surface area is 122 Å². The molecular weight excluding hydrogens is 258 g/mol. The second-order valence-electron chi connectivity index (χ2n) is 5.73. The third-order valence-electron chi connectivity index (χ3n) is 4.13. The molecule has 5 heteroatoms. The van der Waals surface area contributed by atoms with Gasteiger partial charge in [0.25, 0.3) is 0 Å². The molecule has 1 heterocycles. The van der Waals surface area contributed by atoms with E-state index < -0.39 is 5.54 Å². The molecule has 1 N–H and O–H groups in total. The number of nitrogens with zero attached hydrogens (tertiary/aromatic N) is 2. The molecule has 0 aromatic rings. The van der Waals surface area contributed by atoms with E-state index in [0.29, 0.717) is 6.04 Å².